The Morgan fingerprint density at radius 2 is 2.21 bits per heavy atom. The first-order valence-corrected chi connectivity index (χ1v) is 5.33. The molecule has 5 nitrogen and oxygen atoms in total. The number of alkyl halides is 3. The first kappa shape index (κ1) is 13.5. The van der Waals surface area contributed by atoms with Gasteiger partial charge in [-0.1, -0.05) is 0 Å². The summed E-state index contributed by atoms with van der Waals surface area (Å²) in [5.41, 5.74) is -3.36. The van der Waals surface area contributed by atoms with Gasteiger partial charge in [-0.25, -0.2) is 0 Å². The maximum absolute atomic E-state index is 12.9. The number of rotatable bonds is 1. The topological polar surface area (TPSA) is 65.8 Å². The lowest BCUT2D eigenvalue weighted by Gasteiger charge is -2.32. The smallest absolute Gasteiger partial charge is 0.362 e. The first-order valence-electron chi connectivity index (χ1n) is 5.33. The van der Waals surface area contributed by atoms with Crippen LogP contribution in [0.5, 0.6) is 0 Å². The fourth-order valence-corrected chi connectivity index (χ4v) is 1.77. The maximum atomic E-state index is 12.9. The van der Waals surface area contributed by atoms with Crippen LogP contribution in [0.1, 0.15) is 23.7 Å². The second-order valence-corrected chi connectivity index (χ2v) is 4.19. The Morgan fingerprint density at radius 3 is 2.74 bits per heavy atom. The van der Waals surface area contributed by atoms with Crippen LogP contribution in [0.3, 0.4) is 0 Å². The van der Waals surface area contributed by atoms with Gasteiger partial charge in [0.1, 0.15) is 0 Å². The molecular formula is C11H10F3N3O2. The van der Waals surface area contributed by atoms with Crippen LogP contribution >= 0.6 is 0 Å². The van der Waals surface area contributed by atoms with E-state index in [0.717, 1.165) is 6.20 Å². The van der Waals surface area contributed by atoms with E-state index in [0.29, 0.717) is 0 Å². The third-order valence-corrected chi connectivity index (χ3v) is 2.68. The van der Waals surface area contributed by atoms with Crippen LogP contribution in [0.4, 0.5) is 13.2 Å². The number of hydrogen-bond donors (Lipinski definition) is 1. The Kier molecular flexibility index (Phi) is 3.05. The number of pyridine rings is 1. The van der Waals surface area contributed by atoms with Crippen LogP contribution in [0.15, 0.2) is 29.6 Å². The highest BCUT2D eigenvalue weighted by Gasteiger charge is 2.62. The molecule has 2 rings (SSSR count). The van der Waals surface area contributed by atoms with Gasteiger partial charge >= 0.3 is 6.18 Å². The quantitative estimate of drug-likeness (QED) is 0.844. The molecule has 0 bridgehead atoms. The molecule has 0 saturated heterocycles. The van der Waals surface area contributed by atoms with Crippen LogP contribution in [0.25, 0.3) is 0 Å². The Bertz CT molecular complexity index is 530. The van der Waals surface area contributed by atoms with E-state index >= 15 is 0 Å². The number of aliphatic hydroxyl groups is 1. The number of carbonyl (C=O) groups is 1. The molecule has 1 aliphatic heterocycles. The zero-order chi connectivity index (χ0) is 14.3. The Labute approximate surface area is 106 Å². The fraction of sp³-hybridized carbons (Fsp3) is 0.364. The molecule has 1 amide bonds. The van der Waals surface area contributed by atoms with E-state index in [4.69, 9.17) is 0 Å². The van der Waals surface area contributed by atoms with E-state index in [2.05, 4.69) is 10.1 Å². The number of hydrazone groups is 1. The van der Waals surface area contributed by atoms with Gasteiger partial charge < -0.3 is 5.11 Å². The van der Waals surface area contributed by atoms with Crippen molar-refractivity contribution in [3.05, 3.63) is 30.1 Å². The zero-order valence-electron chi connectivity index (χ0n) is 9.85. The van der Waals surface area contributed by atoms with E-state index in [1.807, 2.05) is 0 Å². The van der Waals surface area contributed by atoms with Gasteiger partial charge in [0.05, 0.1) is 5.56 Å². The second kappa shape index (κ2) is 4.30. The molecular weight excluding hydrogens is 263 g/mol. The summed E-state index contributed by atoms with van der Waals surface area (Å²) in [6.45, 7) is 1.31. The van der Waals surface area contributed by atoms with Gasteiger partial charge in [0.25, 0.3) is 11.6 Å². The van der Waals surface area contributed by atoms with Crippen molar-refractivity contribution in [3.8, 4) is 0 Å². The van der Waals surface area contributed by atoms with Crippen molar-refractivity contribution in [1.29, 1.82) is 0 Å². The number of nitrogens with zero attached hydrogens (tertiary/aromatic N) is 3. The third-order valence-electron chi connectivity index (χ3n) is 2.68. The van der Waals surface area contributed by atoms with Crippen LogP contribution < -0.4 is 0 Å². The van der Waals surface area contributed by atoms with Crippen LogP contribution in [-0.4, -0.2) is 38.6 Å². The molecule has 0 fully saturated rings. The summed E-state index contributed by atoms with van der Waals surface area (Å²) in [7, 11) is 0. The molecule has 1 N–H and O–H groups in total. The van der Waals surface area contributed by atoms with Crippen LogP contribution in [0.2, 0.25) is 0 Å². The molecule has 1 aromatic heterocycles. The van der Waals surface area contributed by atoms with Gasteiger partial charge in [0.2, 0.25) is 0 Å². The summed E-state index contributed by atoms with van der Waals surface area (Å²) in [5.74, 6) is -1.05. The van der Waals surface area contributed by atoms with E-state index < -0.39 is 24.2 Å². The monoisotopic (exact) mass is 273 g/mol. The predicted octanol–water partition coefficient (Wildman–Crippen LogP) is 1.55. The molecule has 0 unspecified atom stereocenters. The number of hydrogen-bond acceptors (Lipinski definition) is 4. The summed E-state index contributed by atoms with van der Waals surface area (Å²) >= 11 is 0. The van der Waals surface area contributed by atoms with E-state index in [-0.39, 0.29) is 16.3 Å². The number of halogens is 3. The molecule has 0 aliphatic carbocycles. The van der Waals surface area contributed by atoms with Gasteiger partial charge in [-0.15, -0.1) is 0 Å². The van der Waals surface area contributed by atoms with Crippen molar-refractivity contribution >= 4 is 11.6 Å². The third kappa shape index (κ3) is 2.19. The molecule has 1 aliphatic rings. The highest BCUT2D eigenvalue weighted by atomic mass is 19.4. The SMILES string of the molecule is CC1=NN(C(=O)c2cccnc2)[C@](O)(C(F)(F)F)C1. The lowest BCUT2D eigenvalue weighted by atomic mass is 10.1. The molecule has 8 heteroatoms. The number of aromatic nitrogens is 1. The summed E-state index contributed by atoms with van der Waals surface area (Å²) in [5, 5.41) is 13.3. The van der Waals surface area contributed by atoms with Gasteiger partial charge in [0, 0.05) is 24.5 Å². The zero-order valence-corrected chi connectivity index (χ0v) is 9.85. The van der Waals surface area contributed by atoms with Gasteiger partial charge in [-0.05, 0) is 19.1 Å². The first-order chi connectivity index (χ1) is 8.75. The minimum absolute atomic E-state index is 0.0251. The largest absolute Gasteiger partial charge is 0.438 e. The van der Waals surface area contributed by atoms with Crippen molar-refractivity contribution in [2.45, 2.75) is 25.2 Å². The Balaban J connectivity index is 2.40. The van der Waals surface area contributed by atoms with Crippen molar-refractivity contribution < 1.29 is 23.1 Å². The summed E-state index contributed by atoms with van der Waals surface area (Å²) in [4.78, 5) is 15.6. The van der Waals surface area contributed by atoms with Crippen LogP contribution in [-0.2, 0) is 0 Å². The molecule has 1 atom stereocenters. The number of carbonyl (C=O) groups excluding carboxylic acids is 1. The summed E-state index contributed by atoms with van der Waals surface area (Å²) in [6, 6.07) is 2.71. The Morgan fingerprint density at radius 1 is 1.53 bits per heavy atom. The molecule has 19 heavy (non-hydrogen) atoms. The molecule has 0 aromatic carbocycles. The molecule has 0 saturated carbocycles. The van der Waals surface area contributed by atoms with Gasteiger partial charge in [-0.2, -0.15) is 23.3 Å². The highest BCUT2D eigenvalue weighted by Crippen LogP contribution is 2.40. The predicted molar refractivity (Wildman–Crippen MR) is 59.1 cm³/mol. The van der Waals surface area contributed by atoms with Gasteiger partial charge in [-0.3, -0.25) is 9.78 Å². The van der Waals surface area contributed by atoms with Crippen molar-refractivity contribution in [1.82, 2.24) is 9.99 Å². The molecule has 102 valence electrons. The fourth-order valence-electron chi connectivity index (χ4n) is 1.77. The second-order valence-electron chi connectivity index (χ2n) is 4.19. The molecule has 0 spiro atoms. The number of amides is 1. The minimum Gasteiger partial charge on any atom is -0.362 e. The lowest BCUT2D eigenvalue weighted by Crippen LogP contribution is -2.56. The molecule has 2 heterocycles. The molecule has 0 radical (unpaired) electrons. The average Bonchev–Trinajstić information content (AvgIpc) is 2.65. The maximum Gasteiger partial charge on any atom is 0.438 e. The normalized spacial score (nSPS) is 23.4. The van der Waals surface area contributed by atoms with Crippen molar-refractivity contribution in [2.24, 2.45) is 5.10 Å². The van der Waals surface area contributed by atoms with E-state index in [9.17, 15) is 23.1 Å². The summed E-state index contributed by atoms with van der Waals surface area (Å²) in [6.07, 6.45) is -3.26. The minimum atomic E-state index is -4.99. The Hall–Kier alpha value is -1.96. The highest BCUT2D eigenvalue weighted by molar-refractivity contribution is 5.97. The van der Waals surface area contributed by atoms with Crippen molar-refractivity contribution in [2.75, 3.05) is 0 Å². The molecule has 1 aromatic rings. The average molecular weight is 273 g/mol. The standard InChI is InChI=1S/C11H10F3N3O2/c1-7-5-10(19,11(12,13)14)17(16-7)9(18)8-3-2-4-15-6-8/h2-4,6,19H,5H2,1H3/t10-/m1/s1. The van der Waals surface area contributed by atoms with Crippen molar-refractivity contribution in [3.63, 3.8) is 0 Å². The summed E-state index contributed by atoms with van der Waals surface area (Å²) < 4.78 is 38.7. The lowest BCUT2D eigenvalue weighted by molar-refractivity contribution is -0.297. The van der Waals surface area contributed by atoms with Gasteiger partial charge in [0.15, 0.2) is 0 Å². The van der Waals surface area contributed by atoms with Crippen LogP contribution in [0, 0.1) is 0 Å². The van der Waals surface area contributed by atoms with E-state index in [1.54, 1.807) is 0 Å². The van der Waals surface area contributed by atoms with E-state index in [1.165, 1.54) is 25.3 Å².